The van der Waals surface area contributed by atoms with Crippen molar-refractivity contribution in [1.82, 2.24) is 14.9 Å². The van der Waals surface area contributed by atoms with Crippen molar-refractivity contribution < 1.29 is 12.8 Å². The summed E-state index contributed by atoms with van der Waals surface area (Å²) in [5, 5.41) is 3.52. The minimum atomic E-state index is -3.44. The topological polar surface area (TPSA) is 75.2 Å². The molecule has 3 aromatic rings. The smallest absolute Gasteiger partial charge is 0.227 e. The molecule has 0 amide bonds. The molecule has 1 aliphatic carbocycles. The lowest BCUT2D eigenvalue weighted by molar-refractivity contribution is 0.236. The number of halogens is 2. The summed E-state index contributed by atoms with van der Waals surface area (Å²) in [6.45, 7) is 6.31. The molecule has 5 rings (SSSR count). The van der Waals surface area contributed by atoms with E-state index in [1.54, 1.807) is 12.1 Å². The number of nitrogens with one attached hydrogen (secondary N) is 1. The van der Waals surface area contributed by atoms with Crippen molar-refractivity contribution in [2.24, 2.45) is 0 Å². The third kappa shape index (κ3) is 4.32. The van der Waals surface area contributed by atoms with Crippen molar-refractivity contribution >= 4 is 33.1 Å². The highest BCUT2D eigenvalue weighted by atomic mass is 35.5. The standard InChI is InChI=1S/C26H28ClFN4O2S/c1-25(2)15-32(3)14-17-6-5-16(11-19(17)25)23-21(27)13-29-24(31-23)30-18-7-8-22(28)20(12-18)26(9-10-26)35(4,33)34/h5-8,11-13H,9-10,14-15H2,1-4H3,(H,29,30,31). The fourth-order valence-electron chi connectivity index (χ4n) is 5.26. The van der Waals surface area contributed by atoms with E-state index in [2.05, 4.69) is 53.2 Å². The van der Waals surface area contributed by atoms with Gasteiger partial charge in [-0.1, -0.05) is 37.6 Å². The van der Waals surface area contributed by atoms with E-state index in [0.717, 1.165) is 24.9 Å². The molecular weight excluding hydrogens is 487 g/mol. The molecule has 2 aliphatic rings. The van der Waals surface area contributed by atoms with Crippen LogP contribution in [0.15, 0.2) is 42.6 Å². The molecule has 0 atom stereocenters. The lowest BCUT2D eigenvalue weighted by Crippen LogP contribution is -2.39. The number of sulfone groups is 1. The first-order valence-corrected chi connectivity index (χ1v) is 13.8. The van der Waals surface area contributed by atoms with Gasteiger partial charge in [-0.15, -0.1) is 0 Å². The van der Waals surface area contributed by atoms with Crippen molar-refractivity contribution in [3.05, 3.63) is 70.1 Å². The summed E-state index contributed by atoms with van der Waals surface area (Å²) in [5.74, 6) is -0.235. The molecule has 1 fully saturated rings. The van der Waals surface area contributed by atoms with Gasteiger partial charge >= 0.3 is 0 Å². The number of rotatable bonds is 5. The summed E-state index contributed by atoms with van der Waals surface area (Å²) in [7, 11) is -1.32. The van der Waals surface area contributed by atoms with Crippen LogP contribution in [-0.2, 0) is 26.5 Å². The van der Waals surface area contributed by atoms with Gasteiger partial charge in [-0.3, -0.25) is 0 Å². The quantitative estimate of drug-likeness (QED) is 0.489. The normalized spacial score (nSPS) is 18.7. The van der Waals surface area contributed by atoms with Crippen molar-refractivity contribution in [3.63, 3.8) is 0 Å². The van der Waals surface area contributed by atoms with E-state index in [1.165, 1.54) is 23.4 Å². The number of hydrogen-bond acceptors (Lipinski definition) is 6. The first kappa shape index (κ1) is 24.2. The Morgan fingerprint density at radius 3 is 2.54 bits per heavy atom. The van der Waals surface area contributed by atoms with Gasteiger partial charge in [-0.05, 0) is 55.3 Å². The molecule has 9 heteroatoms. The molecule has 0 bridgehead atoms. The summed E-state index contributed by atoms with van der Waals surface area (Å²) in [6, 6.07) is 10.7. The van der Waals surface area contributed by atoms with Gasteiger partial charge in [-0.25, -0.2) is 22.8 Å². The molecule has 184 valence electrons. The average Bonchev–Trinajstić information content (AvgIpc) is 3.58. The highest BCUT2D eigenvalue weighted by Crippen LogP contribution is 2.53. The Morgan fingerprint density at radius 1 is 1.11 bits per heavy atom. The Bertz CT molecular complexity index is 1440. The molecule has 6 nitrogen and oxygen atoms in total. The van der Waals surface area contributed by atoms with Gasteiger partial charge in [0.1, 0.15) is 5.82 Å². The fraction of sp³-hybridized carbons (Fsp3) is 0.385. The van der Waals surface area contributed by atoms with Crippen LogP contribution >= 0.6 is 11.6 Å². The lowest BCUT2D eigenvalue weighted by Gasteiger charge is -2.38. The van der Waals surface area contributed by atoms with Crippen LogP contribution in [0.1, 0.15) is 43.4 Å². The monoisotopic (exact) mass is 514 g/mol. The fourth-order valence-corrected chi connectivity index (χ4v) is 6.86. The van der Waals surface area contributed by atoms with Crippen molar-refractivity contribution in [2.45, 2.75) is 43.4 Å². The summed E-state index contributed by atoms with van der Waals surface area (Å²) < 4.78 is 38.1. The number of anilines is 2. The Morgan fingerprint density at radius 2 is 1.86 bits per heavy atom. The molecule has 0 spiro atoms. The van der Waals surface area contributed by atoms with E-state index in [-0.39, 0.29) is 11.0 Å². The highest BCUT2D eigenvalue weighted by Gasteiger charge is 2.55. The van der Waals surface area contributed by atoms with E-state index in [9.17, 15) is 12.8 Å². The first-order valence-electron chi connectivity index (χ1n) is 11.5. The predicted octanol–water partition coefficient (Wildman–Crippen LogP) is 5.44. The molecule has 1 aliphatic heterocycles. The third-order valence-electron chi connectivity index (χ3n) is 7.09. The van der Waals surface area contributed by atoms with E-state index in [4.69, 9.17) is 11.6 Å². The predicted molar refractivity (Wildman–Crippen MR) is 137 cm³/mol. The zero-order valence-corrected chi connectivity index (χ0v) is 21.8. The summed E-state index contributed by atoms with van der Waals surface area (Å²) in [6.07, 6.45) is 3.52. The van der Waals surface area contributed by atoms with Crippen molar-refractivity contribution in [2.75, 3.05) is 25.2 Å². The SMILES string of the molecule is CN1Cc2ccc(-c3nc(Nc4ccc(F)c(C5(S(C)(=O)=O)CC5)c4)ncc3Cl)cc2C(C)(C)C1. The number of aromatic nitrogens is 2. The van der Waals surface area contributed by atoms with Gasteiger partial charge in [0.25, 0.3) is 0 Å². The number of nitrogens with zero attached hydrogens (tertiary/aromatic N) is 3. The van der Waals surface area contributed by atoms with Crippen LogP contribution in [0.3, 0.4) is 0 Å². The second kappa shape index (κ2) is 8.25. The average molecular weight is 515 g/mol. The van der Waals surface area contributed by atoms with E-state index in [1.807, 2.05) is 6.07 Å². The maximum Gasteiger partial charge on any atom is 0.227 e. The van der Waals surface area contributed by atoms with Gasteiger partial charge < -0.3 is 10.2 Å². The molecule has 0 saturated heterocycles. The zero-order valence-electron chi connectivity index (χ0n) is 20.2. The highest BCUT2D eigenvalue weighted by molar-refractivity contribution is 7.92. The second-order valence-corrected chi connectivity index (χ2v) is 13.1. The molecule has 1 aromatic heterocycles. The summed E-state index contributed by atoms with van der Waals surface area (Å²) in [5.41, 5.74) is 4.73. The number of benzene rings is 2. The van der Waals surface area contributed by atoms with Crippen LogP contribution in [-0.4, -0.2) is 43.1 Å². The summed E-state index contributed by atoms with van der Waals surface area (Å²) in [4.78, 5) is 11.3. The lowest BCUT2D eigenvalue weighted by atomic mass is 9.77. The Labute approximate surface area is 210 Å². The second-order valence-electron chi connectivity index (χ2n) is 10.4. The Balaban J connectivity index is 1.49. The molecule has 0 radical (unpaired) electrons. The molecular formula is C26H28ClFN4O2S. The van der Waals surface area contributed by atoms with Crippen LogP contribution in [0, 0.1) is 5.82 Å². The summed E-state index contributed by atoms with van der Waals surface area (Å²) >= 11 is 6.50. The van der Waals surface area contributed by atoms with Crippen LogP contribution in [0.25, 0.3) is 11.3 Å². The molecule has 2 aromatic carbocycles. The number of likely N-dealkylation sites (N-methyl/N-ethyl adjacent to an activating group) is 1. The van der Waals surface area contributed by atoms with Crippen LogP contribution in [0.2, 0.25) is 5.02 Å². The van der Waals surface area contributed by atoms with Crippen LogP contribution < -0.4 is 5.32 Å². The maximum absolute atomic E-state index is 14.6. The molecule has 2 heterocycles. The van der Waals surface area contributed by atoms with E-state index in [0.29, 0.717) is 35.2 Å². The van der Waals surface area contributed by atoms with Crippen molar-refractivity contribution in [1.29, 1.82) is 0 Å². The molecule has 0 unspecified atom stereocenters. The molecule has 1 N–H and O–H groups in total. The maximum atomic E-state index is 14.6. The Hall–Kier alpha value is -2.55. The number of fused-ring (bicyclic) bond motifs is 1. The molecule has 1 saturated carbocycles. The van der Waals surface area contributed by atoms with Crippen molar-refractivity contribution in [3.8, 4) is 11.3 Å². The minimum absolute atomic E-state index is 0.0121. The largest absolute Gasteiger partial charge is 0.324 e. The number of hydrogen-bond donors (Lipinski definition) is 1. The van der Waals surface area contributed by atoms with E-state index >= 15 is 0 Å². The first-order chi connectivity index (χ1) is 16.4. The van der Waals surface area contributed by atoms with Gasteiger partial charge in [0.15, 0.2) is 9.84 Å². The van der Waals surface area contributed by atoms with Gasteiger partial charge in [0.05, 0.1) is 21.7 Å². The zero-order chi connectivity index (χ0) is 25.2. The van der Waals surface area contributed by atoms with Gasteiger partial charge in [-0.2, -0.15) is 0 Å². The van der Waals surface area contributed by atoms with Crippen LogP contribution in [0.4, 0.5) is 16.0 Å². The molecule has 35 heavy (non-hydrogen) atoms. The third-order valence-corrected chi connectivity index (χ3v) is 9.41. The van der Waals surface area contributed by atoms with Gasteiger partial charge in [0.2, 0.25) is 5.95 Å². The Kier molecular flexibility index (Phi) is 5.69. The minimum Gasteiger partial charge on any atom is -0.324 e. The van der Waals surface area contributed by atoms with Crippen LogP contribution in [0.5, 0.6) is 0 Å². The van der Waals surface area contributed by atoms with E-state index < -0.39 is 20.4 Å². The van der Waals surface area contributed by atoms with Gasteiger partial charge in [0, 0.05) is 41.6 Å².